The highest BCUT2D eigenvalue weighted by Gasteiger charge is 2.18. The molecule has 0 fully saturated rings. The second-order valence-electron chi connectivity index (χ2n) is 5.63. The van der Waals surface area contributed by atoms with Gasteiger partial charge in [-0.25, -0.2) is 9.48 Å². The van der Waals surface area contributed by atoms with Crippen LogP contribution in [0, 0.1) is 0 Å². The van der Waals surface area contributed by atoms with E-state index in [-0.39, 0.29) is 5.91 Å². The van der Waals surface area contributed by atoms with E-state index in [2.05, 4.69) is 15.4 Å². The molecule has 3 rings (SSSR count). The molecule has 0 radical (unpaired) electrons. The van der Waals surface area contributed by atoms with Crippen molar-refractivity contribution in [3.63, 3.8) is 0 Å². The number of aromatic nitrogens is 3. The second-order valence-corrected chi connectivity index (χ2v) is 5.63. The second kappa shape index (κ2) is 7.60. The first-order chi connectivity index (χ1) is 12.6. The fourth-order valence-electron chi connectivity index (χ4n) is 2.40. The van der Waals surface area contributed by atoms with Gasteiger partial charge in [0.05, 0.1) is 19.0 Å². The summed E-state index contributed by atoms with van der Waals surface area (Å²) in [4.78, 5) is 28.7. The molecule has 0 aliphatic heterocycles. The summed E-state index contributed by atoms with van der Waals surface area (Å²) in [6.45, 7) is 1.59. The minimum absolute atomic E-state index is 0.362. The SMILES string of the molecule is COc1ccc(NC(=O)[C@H](C)n2ncc(-c3ccccc3)nc2=O)cc1. The van der Waals surface area contributed by atoms with Crippen LogP contribution in [0.5, 0.6) is 5.75 Å². The fraction of sp³-hybridized carbons (Fsp3) is 0.158. The highest BCUT2D eigenvalue weighted by atomic mass is 16.5. The number of rotatable bonds is 5. The van der Waals surface area contributed by atoms with Crippen LogP contribution in [0.25, 0.3) is 11.3 Å². The van der Waals surface area contributed by atoms with Crippen LogP contribution in [0.3, 0.4) is 0 Å². The molecular weight excluding hydrogens is 332 g/mol. The lowest BCUT2D eigenvalue weighted by atomic mass is 10.2. The Hall–Kier alpha value is -3.48. The average Bonchev–Trinajstić information content (AvgIpc) is 2.68. The summed E-state index contributed by atoms with van der Waals surface area (Å²) < 4.78 is 6.14. The molecule has 0 aliphatic carbocycles. The zero-order valence-electron chi connectivity index (χ0n) is 14.4. The molecule has 132 valence electrons. The van der Waals surface area contributed by atoms with Crippen LogP contribution in [0.15, 0.2) is 65.6 Å². The number of carbonyl (C=O) groups excluding carboxylic acids is 1. The molecule has 1 atom stereocenters. The molecule has 0 unspecified atom stereocenters. The molecule has 0 saturated heterocycles. The van der Waals surface area contributed by atoms with Gasteiger partial charge in [0.1, 0.15) is 11.8 Å². The Morgan fingerprint density at radius 1 is 1.12 bits per heavy atom. The number of amides is 1. The summed E-state index contributed by atoms with van der Waals surface area (Å²) in [5.74, 6) is 0.327. The molecule has 0 saturated carbocycles. The lowest BCUT2D eigenvalue weighted by Gasteiger charge is -2.14. The fourth-order valence-corrected chi connectivity index (χ4v) is 2.40. The maximum Gasteiger partial charge on any atom is 0.365 e. The van der Waals surface area contributed by atoms with Crippen molar-refractivity contribution in [2.75, 3.05) is 12.4 Å². The van der Waals surface area contributed by atoms with Crippen molar-refractivity contribution >= 4 is 11.6 Å². The maximum absolute atomic E-state index is 12.4. The highest BCUT2D eigenvalue weighted by Crippen LogP contribution is 2.17. The topological polar surface area (TPSA) is 86.1 Å². The number of hydrogen-bond acceptors (Lipinski definition) is 5. The van der Waals surface area contributed by atoms with Gasteiger partial charge in [0, 0.05) is 11.3 Å². The smallest absolute Gasteiger partial charge is 0.365 e. The van der Waals surface area contributed by atoms with E-state index in [1.807, 2.05) is 30.3 Å². The van der Waals surface area contributed by atoms with Crippen LogP contribution in [0.1, 0.15) is 13.0 Å². The van der Waals surface area contributed by atoms with Gasteiger partial charge in [-0.15, -0.1) is 0 Å². The summed E-state index contributed by atoms with van der Waals surface area (Å²) >= 11 is 0. The summed E-state index contributed by atoms with van der Waals surface area (Å²) in [6.07, 6.45) is 1.48. The lowest BCUT2D eigenvalue weighted by molar-refractivity contribution is -0.119. The molecule has 26 heavy (non-hydrogen) atoms. The number of ether oxygens (including phenoxy) is 1. The predicted molar refractivity (Wildman–Crippen MR) is 98.1 cm³/mol. The Balaban J connectivity index is 1.77. The van der Waals surface area contributed by atoms with Gasteiger partial charge < -0.3 is 10.1 Å². The van der Waals surface area contributed by atoms with Crippen LogP contribution < -0.4 is 15.7 Å². The molecule has 7 nitrogen and oxygen atoms in total. The Bertz CT molecular complexity index is 953. The molecular formula is C19H18N4O3. The van der Waals surface area contributed by atoms with E-state index >= 15 is 0 Å². The van der Waals surface area contributed by atoms with Crippen molar-refractivity contribution in [2.24, 2.45) is 0 Å². The summed E-state index contributed by atoms with van der Waals surface area (Å²) in [6, 6.07) is 15.4. The number of hydrogen-bond donors (Lipinski definition) is 1. The number of nitrogens with one attached hydrogen (secondary N) is 1. The number of benzene rings is 2. The lowest BCUT2D eigenvalue weighted by Crippen LogP contribution is -2.34. The van der Waals surface area contributed by atoms with Gasteiger partial charge >= 0.3 is 5.69 Å². The number of carbonyl (C=O) groups is 1. The van der Waals surface area contributed by atoms with E-state index < -0.39 is 11.7 Å². The van der Waals surface area contributed by atoms with Crippen molar-refractivity contribution in [3.05, 3.63) is 71.3 Å². The van der Waals surface area contributed by atoms with E-state index in [1.54, 1.807) is 38.3 Å². The Kier molecular flexibility index (Phi) is 5.07. The number of methoxy groups -OCH3 is 1. The van der Waals surface area contributed by atoms with Gasteiger partial charge in [0.15, 0.2) is 0 Å². The van der Waals surface area contributed by atoms with E-state index in [9.17, 15) is 9.59 Å². The normalized spacial score (nSPS) is 11.6. The summed E-state index contributed by atoms with van der Waals surface area (Å²) in [5, 5.41) is 6.85. The largest absolute Gasteiger partial charge is 0.497 e. The van der Waals surface area contributed by atoms with E-state index in [1.165, 1.54) is 6.20 Å². The molecule has 1 aromatic heterocycles. The molecule has 0 bridgehead atoms. The summed E-state index contributed by atoms with van der Waals surface area (Å²) in [5.41, 5.74) is 1.28. The third-order valence-electron chi connectivity index (χ3n) is 3.89. The van der Waals surface area contributed by atoms with E-state index in [0.717, 1.165) is 10.2 Å². The van der Waals surface area contributed by atoms with Crippen molar-refractivity contribution < 1.29 is 9.53 Å². The monoisotopic (exact) mass is 350 g/mol. The molecule has 1 heterocycles. The van der Waals surface area contributed by atoms with Crippen molar-refractivity contribution in [1.29, 1.82) is 0 Å². The van der Waals surface area contributed by atoms with Crippen LogP contribution in [0.4, 0.5) is 5.69 Å². The summed E-state index contributed by atoms with van der Waals surface area (Å²) in [7, 11) is 1.57. The van der Waals surface area contributed by atoms with Crippen molar-refractivity contribution in [3.8, 4) is 17.0 Å². The van der Waals surface area contributed by atoms with E-state index in [4.69, 9.17) is 4.74 Å². The van der Waals surface area contributed by atoms with Crippen LogP contribution in [-0.2, 0) is 4.79 Å². The van der Waals surface area contributed by atoms with Crippen LogP contribution in [-0.4, -0.2) is 27.8 Å². The van der Waals surface area contributed by atoms with E-state index in [0.29, 0.717) is 17.1 Å². The first-order valence-corrected chi connectivity index (χ1v) is 8.04. The first kappa shape index (κ1) is 17.3. The van der Waals surface area contributed by atoms with Gasteiger partial charge in [-0.1, -0.05) is 30.3 Å². The third-order valence-corrected chi connectivity index (χ3v) is 3.89. The molecule has 0 spiro atoms. The number of anilines is 1. The third kappa shape index (κ3) is 3.77. The molecule has 2 aromatic carbocycles. The van der Waals surface area contributed by atoms with Gasteiger partial charge in [0.2, 0.25) is 5.91 Å². The molecule has 1 amide bonds. The molecule has 0 aliphatic rings. The van der Waals surface area contributed by atoms with Crippen LogP contribution in [0.2, 0.25) is 0 Å². The standard InChI is InChI=1S/C19H18N4O3/c1-13(18(24)21-15-8-10-16(26-2)11-9-15)23-19(25)22-17(12-20-23)14-6-4-3-5-7-14/h3-13H,1-2H3,(H,21,24)/t13-/m0/s1. The van der Waals surface area contributed by atoms with Crippen LogP contribution >= 0.6 is 0 Å². The van der Waals surface area contributed by atoms with Crippen molar-refractivity contribution in [1.82, 2.24) is 14.8 Å². The van der Waals surface area contributed by atoms with Gasteiger partial charge in [0.25, 0.3) is 0 Å². The zero-order chi connectivity index (χ0) is 18.5. The minimum atomic E-state index is -0.804. The molecule has 3 aromatic rings. The minimum Gasteiger partial charge on any atom is -0.497 e. The Labute approximate surface area is 150 Å². The zero-order valence-corrected chi connectivity index (χ0v) is 14.4. The van der Waals surface area contributed by atoms with Gasteiger partial charge in [-0.2, -0.15) is 10.1 Å². The quantitative estimate of drug-likeness (QED) is 0.764. The van der Waals surface area contributed by atoms with Crippen molar-refractivity contribution in [2.45, 2.75) is 13.0 Å². The highest BCUT2D eigenvalue weighted by molar-refractivity contribution is 5.93. The first-order valence-electron chi connectivity index (χ1n) is 8.04. The number of nitrogens with zero attached hydrogens (tertiary/aromatic N) is 3. The Morgan fingerprint density at radius 3 is 2.42 bits per heavy atom. The average molecular weight is 350 g/mol. The van der Waals surface area contributed by atoms with Gasteiger partial charge in [-0.3, -0.25) is 4.79 Å². The predicted octanol–water partition coefficient (Wildman–Crippen LogP) is 2.51. The Morgan fingerprint density at radius 2 is 1.81 bits per heavy atom. The molecule has 7 heteroatoms. The van der Waals surface area contributed by atoms with Gasteiger partial charge in [-0.05, 0) is 31.2 Å². The molecule has 1 N–H and O–H groups in total. The maximum atomic E-state index is 12.4.